The third-order valence-corrected chi connectivity index (χ3v) is 36.5. The molecule has 0 fully saturated rings. The fraction of sp³-hybridized carbons (Fsp3) is 0.168. The average Bonchev–Trinajstić information content (AvgIpc) is 1.61. The maximum absolute atomic E-state index is 14.2. The van der Waals surface area contributed by atoms with Crippen molar-refractivity contribution in [2.24, 2.45) is 0 Å². The van der Waals surface area contributed by atoms with Gasteiger partial charge in [0.2, 0.25) is 0 Å². The molecule has 148 heavy (non-hydrogen) atoms. The van der Waals surface area contributed by atoms with Gasteiger partial charge in [0.15, 0.2) is 0 Å². The van der Waals surface area contributed by atoms with Crippen LogP contribution in [0.4, 0.5) is 85.8 Å². The molecule has 0 aliphatic heterocycles. The van der Waals surface area contributed by atoms with Crippen LogP contribution in [-0.2, 0) is 18.0 Å². The molecule has 0 radical (unpaired) electrons. The number of para-hydroxylation sites is 6. The van der Waals surface area contributed by atoms with Crippen molar-refractivity contribution in [3.05, 3.63) is 431 Å². The molecule has 0 N–H and O–H groups in total. The summed E-state index contributed by atoms with van der Waals surface area (Å²) in [5.41, 5.74) is 24.5. The number of nitrogens with zero attached hydrogens (tertiary/aromatic N) is 7. The Morgan fingerprint density at radius 2 is 0.473 bits per heavy atom. The first-order chi connectivity index (χ1) is 71.4. The van der Waals surface area contributed by atoms with E-state index in [1.165, 1.54) is 208 Å². The molecule has 7 nitrogen and oxygen atoms in total. The van der Waals surface area contributed by atoms with Crippen LogP contribution in [0.5, 0.6) is 0 Å². The molecule has 18 aromatic carbocycles. The van der Waals surface area contributed by atoms with Crippen LogP contribution in [0.15, 0.2) is 364 Å². The number of fused-ring (bicyclic) bond motifs is 18. The van der Waals surface area contributed by atoms with Gasteiger partial charge in [-0.25, -0.2) is 4.39 Å². The van der Waals surface area contributed by atoms with Gasteiger partial charge in [-0.2, -0.15) is 18.4 Å². The molecule has 0 aliphatic rings. The van der Waals surface area contributed by atoms with Crippen LogP contribution < -0.4 is 29.4 Å². The van der Waals surface area contributed by atoms with Gasteiger partial charge in [-0.1, -0.05) is 315 Å². The summed E-state index contributed by atoms with van der Waals surface area (Å²) in [5.74, 6) is 0.298. The Bertz CT molecular complexity index is 8950. The van der Waals surface area contributed by atoms with Gasteiger partial charge >= 0.3 is 6.18 Å². The Kier molecular flexibility index (Phi) is 29.6. The Morgan fingerprint density at radius 3 is 0.777 bits per heavy atom. The highest BCUT2D eigenvalue weighted by Gasteiger charge is 2.35. The van der Waals surface area contributed by atoms with E-state index in [1.54, 1.807) is 46.8 Å². The number of rotatable bonds is 14. The van der Waals surface area contributed by atoms with Crippen molar-refractivity contribution in [2.45, 2.75) is 107 Å². The molecule has 24 aromatic rings. The molecule has 0 atom stereocenters. The Hall–Kier alpha value is -14.7. The summed E-state index contributed by atoms with van der Waals surface area (Å²) in [6.45, 7) is 26.5. The van der Waals surface area contributed by atoms with Crippen LogP contribution in [0, 0.1) is 58.7 Å². The molecule has 0 aliphatic carbocycles. The topological polar surface area (TPSA) is 43.2 Å². The lowest BCUT2D eigenvalue weighted by molar-refractivity contribution is -0.137. The summed E-state index contributed by atoms with van der Waals surface area (Å²) < 4.78 is 70.0. The van der Waals surface area contributed by atoms with Crippen LogP contribution in [0.25, 0.3) is 121 Å². The molecule has 0 saturated carbocycles. The number of nitriles is 1. The predicted octanol–water partition coefficient (Wildman–Crippen LogP) is 40.8. The lowest BCUT2D eigenvalue weighted by Crippen LogP contribution is -2.19. The van der Waals surface area contributed by atoms with Crippen molar-refractivity contribution in [3.63, 3.8) is 0 Å². The number of halogens is 4. The number of benzene rings is 18. The van der Waals surface area contributed by atoms with E-state index in [4.69, 9.17) is 0 Å². The lowest BCUT2D eigenvalue weighted by Gasteiger charge is -2.29. The van der Waals surface area contributed by atoms with E-state index in [0.29, 0.717) is 17.2 Å². The molecule has 0 bridgehead atoms. The molecule has 6 aromatic heterocycles. The fourth-order valence-electron chi connectivity index (χ4n) is 20.4. The third-order valence-electron chi connectivity index (χ3n) is 28.3. The first-order valence-corrected chi connectivity index (χ1v) is 54.8. The zero-order valence-corrected chi connectivity index (χ0v) is 91.4. The van der Waals surface area contributed by atoms with Gasteiger partial charge in [-0.05, 0) is 200 Å². The summed E-state index contributed by atoms with van der Waals surface area (Å²) in [7, 11) is 12.2. The van der Waals surface area contributed by atoms with E-state index >= 15 is 0 Å². The minimum absolute atomic E-state index is 0.107. The standard InChI is InChI=1S/C24H25NS.C23H23NS.C22H21NS.C21H16F3NS.C21H16N2S.C20H16FNS/c1-16-10-8-11-17-18-12-9-15-21(23(18)26-22(16)17)25(5)20-14-7-6-13-19(20)24(2,3)4;1-15(2)17-10-5-6-13-20(17)24(4)21-14-8-12-19-18-11-7-9-16(3)22(18)25-23(19)21;1-4-16-10-5-6-13-19(16)23(3)20-14-8-12-18-17-11-7-9-15(2)21(17)24-22(18)20;1-13-7-5-8-14-15-9-6-12-18(20(15)26-19(13)14)25(2)17-11-4-3-10-16(17)21(22,23)24;1-14-7-5-9-16-17-10-6-12-19(21(17)24-20(14)16)23(2)18-11-4-3-8-15(18)13-22;1-13-7-5-8-14-15-9-6-12-18(20(15)23-19(13)14)22(2)17-11-4-3-10-16(17)21/h6-15H,1-5H3;5-15H,1-4H3;5-14H,4H2,1-3H3;3-12H,1-2H3;3-12H,1-2H3;3-12H,1-2H3. The highest BCUT2D eigenvalue weighted by atomic mass is 32.1. The summed E-state index contributed by atoms with van der Waals surface area (Å²) in [6, 6.07) is 126. The molecule has 6 heterocycles. The zero-order chi connectivity index (χ0) is 104. The van der Waals surface area contributed by atoms with Crippen molar-refractivity contribution in [3.8, 4) is 6.07 Å². The van der Waals surface area contributed by atoms with E-state index in [1.807, 2.05) is 131 Å². The number of anilines is 12. The Balaban J connectivity index is 0.000000112. The molecule has 0 spiro atoms. The van der Waals surface area contributed by atoms with Crippen molar-refractivity contribution in [1.82, 2.24) is 0 Å². The molecular weight excluding hydrogens is 1940 g/mol. The van der Waals surface area contributed by atoms with Gasteiger partial charge in [0.1, 0.15) is 11.9 Å². The van der Waals surface area contributed by atoms with Crippen molar-refractivity contribution in [2.75, 3.05) is 71.7 Å². The summed E-state index contributed by atoms with van der Waals surface area (Å²) >= 11 is 11.0. The highest BCUT2D eigenvalue weighted by molar-refractivity contribution is 7.29. The normalized spacial score (nSPS) is 11.5. The number of hydrogen-bond donors (Lipinski definition) is 0. The maximum atomic E-state index is 14.2. The minimum atomic E-state index is -4.39. The van der Waals surface area contributed by atoms with E-state index in [9.17, 15) is 22.8 Å². The average molecular weight is 2060 g/mol. The largest absolute Gasteiger partial charge is 0.418 e. The summed E-state index contributed by atoms with van der Waals surface area (Å²) in [6.07, 6.45) is -3.35. The second-order valence-electron chi connectivity index (χ2n) is 39.2. The van der Waals surface area contributed by atoms with E-state index < -0.39 is 11.7 Å². The van der Waals surface area contributed by atoms with Crippen molar-refractivity contribution in [1.29, 1.82) is 5.26 Å². The Morgan fingerprint density at radius 1 is 0.250 bits per heavy atom. The van der Waals surface area contributed by atoms with Crippen LogP contribution in [0.3, 0.4) is 0 Å². The van der Waals surface area contributed by atoms with Crippen LogP contribution in [0.2, 0.25) is 0 Å². The van der Waals surface area contributed by atoms with Crippen LogP contribution in [0.1, 0.15) is 109 Å². The zero-order valence-electron chi connectivity index (χ0n) is 86.5. The molecule has 0 amide bonds. The monoisotopic (exact) mass is 2060 g/mol. The quantitative estimate of drug-likeness (QED) is 0.101. The number of alkyl halides is 3. The van der Waals surface area contributed by atoms with Crippen LogP contribution >= 0.6 is 68.0 Å². The second-order valence-corrected chi connectivity index (χ2v) is 45.3. The van der Waals surface area contributed by atoms with Gasteiger partial charge in [-0.15, -0.1) is 68.0 Å². The molecular formula is C131H117F4N7S6. The summed E-state index contributed by atoms with van der Waals surface area (Å²) in [4.78, 5) is 12.7. The minimum Gasteiger partial charge on any atom is -0.343 e. The van der Waals surface area contributed by atoms with Gasteiger partial charge in [0, 0.05) is 152 Å². The molecule has 0 unspecified atom stereocenters. The van der Waals surface area contributed by atoms with E-state index in [-0.39, 0.29) is 16.9 Å². The molecule has 24 rings (SSSR count). The molecule has 0 saturated heterocycles. The number of thiophene rings is 6. The predicted molar refractivity (Wildman–Crippen MR) is 643 cm³/mol. The van der Waals surface area contributed by atoms with Crippen molar-refractivity contribution < 1.29 is 17.6 Å². The molecule has 740 valence electrons. The lowest BCUT2D eigenvalue weighted by atomic mass is 9.85. The first kappa shape index (κ1) is 102. The van der Waals surface area contributed by atoms with Crippen LogP contribution in [-0.4, -0.2) is 42.3 Å². The Labute approximate surface area is 888 Å². The van der Waals surface area contributed by atoms with Gasteiger partial charge in [-0.3, -0.25) is 0 Å². The van der Waals surface area contributed by atoms with Gasteiger partial charge in [0.05, 0.1) is 90.5 Å². The van der Waals surface area contributed by atoms with Gasteiger partial charge in [0.25, 0.3) is 0 Å². The maximum Gasteiger partial charge on any atom is 0.418 e. The third kappa shape index (κ3) is 19.8. The fourth-order valence-corrected chi connectivity index (χ4v) is 28.4. The summed E-state index contributed by atoms with van der Waals surface area (Å²) in [5, 5.41) is 24.9. The van der Waals surface area contributed by atoms with Crippen molar-refractivity contribution >= 4 is 257 Å². The second kappa shape index (κ2) is 43.0. The SMILES string of the molecule is CCc1ccccc1N(C)c1cccc2c1sc1c(C)cccc12.Cc1cccc2c1sc1c(N(C)c3ccccc3C#N)cccc12.Cc1cccc2c1sc1c(N(C)c3ccccc3C(C)(C)C)cccc12.Cc1cccc2c1sc1c(N(C)c3ccccc3C(C)C)cccc12.Cc1cccc2c1sc1c(N(C)c3ccccc3C(F)(F)F)cccc12.Cc1cccc2c1sc1c(N(C)c3ccccc3F)cccc12. The number of hydrogen-bond acceptors (Lipinski definition) is 13. The van der Waals surface area contributed by atoms with Gasteiger partial charge < -0.3 is 29.4 Å². The first-order valence-electron chi connectivity index (χ1n) is 49.9. The smallest absolute Gasteiger partial charge is 0.343 e. The van der Waals surface area contributed by atoms with E-state index in [2.05, 4.69) is 391 Å². The highest BCUT2D eigenvalue weighted by Crippen LogP contribution is 2.52. The number of aryl methyl sites for hydroxylation is 7. The van der Waals surface area contributed by atoms with E-state index in [0.717, 1.165) is 50.7 Å². The molecule has 17 heteroatoms.